The molecule has 1 heterocycles. The zero-order chi connectivity index (χ0) is 15.2. The van der Waals surface area contributed by atoms with E-state index < -0.39 is 5.97 Å². The van der Waals surface area contributed by atoms with Crippen LogP contribution in [0.5, 0.6) is 17.2 Å². The van der Waals surface area contributed by atoms with Gasteiger partial charge < -0.3 is 19.3 Å². The van der Waals surface area contributed by atoms with Crippen LogP contribution >= 0.6 is 0 Å². The number of hydrogen-bond donors (Lipinski definition) is 1. The summed E-state index contributed by atoms with van der Waals surface area (Å²) in [6.07, 6.45) is 4.62. The van der Waals surface area contributed by atoms with Crippen molar-refractivity contribution in [2.75, 3.05) is 13.4 Å². The summed E-state index contributed by atoms with van der Waals surface area (Å²) in [6, 6.07) is 3.48. The van der Waals surface area contributed by atoms with Crippen molar-refractivity contribution in [2.45, 2.75) is 26.7 Å². The quantitative estimate of drug-likeness (QED) is 0.617. The zero-order valence-corrected chi connectivity index (χ0v) is 12.3. The number of aliphatic carboxylic acids is 1. The van der Waals surface area contributed by atoms with Crippen molar-refractivity contribution in [2.24, 2.45) is 5.92 Å². The molecule has 0 spiro atoms. The van der Waals surface area contributed by atoms with Gasteiger partial charge in [0.2, 0.25) is 6.79 Å². The maximum Gasteiger partial charge on any atom is 0.328 e. The summed E-state index contributed by atoms with van der Waals surface area (Å²) in [5.74, 6) is 1.48. The van der Waals surface area contributed by atoms with Gasteiger partial charge in [-0.1, -0.05) is 13.8 Å². The van der Waals surface area contributed by atoms with E-state index in [0.29, 0.717) is 35.3 Å². The summed E-state index contributed by atoms with van der Waals surface area (Å²) >= 11 is 0. The second-order valence-electron chi connectivity index (χ2n) is 5.30. The summed E-state index contributed by atoms with van der Waals surface area (Å²) in [4.78, 5) is 10.7. The van der Waals surface area contributed by atoms with Gasteiger partial charge in [-0.2, -0.15) is 0 Å². The van der Waals surface area contributed by atoms with Crippen LogP contribution in [0.3, 0.4) is 0 Å². The molecule has 21 heavy (non-hydrogen) atoms. The van der Waals surface area contributed by atoms with Crippen LogP contribution in [0.2, 0.25) is 0 Å². The number of carboxylic acid groups (broad SMARTS) is 1. The van der Waals surface area contributed by atoms with Crippen molar-refractivity contribution in [3.63, 3.8) is 0 Å². The Bertz CT molecular complexity index is 534. The topological polar surface area (TPSA) is 65.0 Å². The Hall–Kier alpha value is -2.17. The van der Waals surface area contributed by atoms with Crippen LogP contribution in [0.1, 0.15) is 32.3 Å². The molecule has 0 amide bonds. The largest absolute Gasteiger partial charge is 0.493 e. The van der Waals surface area contributed by atoms with Gasteiger partial charge in [-0.15, -0.1) is 0 Å². The predicted molar refractivity (Wildman–Crippen MR) is 78.8 cm³/mol. The smallest absolute Gasteiger partial charge is 0.328 e. The lowest BCUT2D eigenvalue weighted by molar-refractivity contribution is -0.131. The van der Waals surface area contributed by atoms with Crippen molar-refractivity contribution < 1.29 is 24.1 Å². The highest BCUT2D eigenvalue weighted by Gasteiger charge is 2.17. The van der Waals surface area contributed by atoms with Crippen molar-refractivity contribution >= 4 is 12.0 Å². The molecule has 0 saturated heterocycles. The van der Waals surface area contributed by atoms with Gasteiger partial charge in [0, 0.05) is 17.7 Å². The van der Waals surface area contributed by atoms with E-state index in [1.165, 1.54) is 6.08 Å². The number of ether oxygens (including phenoxy) is 3. The van der Waals surface area contributed by atoms with Gasteiger partial charge in [0.05, 0.1) is 6.61 Å². The van der Waals surface area contributed by atoms with Gasteiger partial charge >= 0.3 is 5.97 Å². The molecule has 0 aliphatic carbocycles. The fourth-order valence-electron chi connectivity index (χ4n) is 2.03. The molecule has 114 valence electrons. The van der Waals surface area contributed by atoms with E-state index in [1.54, 1.807) is 12.1 Å². The Morgan fingerprint density at radius 1 is 1.38 bits per heavy atom. The minimum Gasteiger partial charge on any atom is -0.493 e. The molecule has 1 aliphatic heterocycles. The Morgan fingerprint density at radius 3 is 2.76 bits per heavy atom. The third-order valence-corrected chi connectivity index (χ3v) is 3.09. The number of carbonyl (C=O) groups is 1. The number of hydrogen-bond acceptors (Lipinski definition) is 4. The normalized spacial score (nSPS) is 13.1. The number of benzene rings is 1. The molecule has 5 nitrogen and oxygen atoms in total. The van der Waals surface area contributed by atoms with Crippen LogP contribution in [0, 0.1) is 5.92 Å². The fourth-order valence-corrected chi connectivity index (χ4v) is 2.03. The van der Waals surface area contributed by atoms with E-state index in [-0.39, 0.29) is 6.79 Å². The Kier molecular flexibility index (Phi) is 5.09. The summed E-state index contributed by atoms with van der Waals surface area (Å²) in [5, 5.41) is 8.75. The van der Waals surface area contributed by atoms with Gasteiger partial charge in [-0.05, 0) is 30.9 Å². The Labute approximate surface area is 124 Å². The summed E-state index contributed by atoms with van der Waals surface area (Å²) in [5.41, 5.74) is 0.672. The number of rotatable bonds is 7. The predicted octanol–water partition coefficient (Wildman–Crippen LogP) is 3.33. The van der Waals surface area contributed by atoms with E-state index in [9.17, 15) is 4.79 Å². The lowest BCUT2D eigenvalue weighted by Gasteiger charge is -2.11. The zero-order valence-electron chi connectivity index (χ0n) is 12.3. The summed E-state index contributed by atoms with van der Waals surface area (Å²) in [6.45, 7) is 5.10. The van der Waals surface area contributed by atoms with Crippen LogP contribution < -0.4 is 14.2 Å². The van der Waals surface area contributed by atoms with Crippen LogP contribution in [-0.2, 0) is 4.79 Å². The Morgan fingerprint density at radius 2 is 2.10 bits per heavy atom. The average Bonchev–Trinajstić information content (AvgIpc) is 2.87. The molecular formula is C16H20O5. The van der Waals surface area contributed by atoms with Crippen molar-refractivity contribution in [1.82, 2.24) is 0 Å². The van der Waals surface area contributed by atoms with E-state index in [1.807, 2.05) is 0 Å². The first-order valence-electron chi connectivity index (χ1n) is 7.03. The number of carboxylic acids is 1. The molecular weight excluding hydrogens is 272 g/mol. The van der Waals surface area contributed by atoms with Crippen LogP contribution in [0.15, 0.2) is 18.2 Å². The minimum absolute atomic E-state index is 0.175. The van der Waals surface area contributed by atoms with Crippen molar-refractivity contribution in [3.8, 4) is 17.2 Å². The number of fused-ring (bicyclic) bond motifs is 1. The monoisotopic (exact) mass is 292 g/mol. The molecule has 0 atom stereocenters. The summed E-state index contributed by atoms with van der Waals surface area (Å²) in [7, 11) is 0. The lowest BCUT2D eigenvalue weighted by Crippen LogP contribution is -2.01. The van der Waals surface area contributed by atoms with Crippen molar-refractivity contribution in [3.05, 3.63) is 23.8 Å². The second-order valence-corrected chi connectivity index (χ2v) is 5.30. The van der Waals surface area contributed by atoms with E-state index >= 15 is 0 Å². The third kappa shape index (κ3) is 4.41. The maximum atomic E-state index is 10.7. The van der Waals surface area contributed by atoms with Gasteiger partial charge in [-0.25, -0.2) is 4.79 Å². The molecule has 0 aromatic heterocycles. The van der Waals surface area contributed by atoms with Gasteiger partial charge in [-0.3, -0.25) is 0 Å². The molecule has 1 N–H and O–H groups in total. The first-order chi connectivity index (χ1) is 10.1. The molecule has 1 aromatic carbocycles. The molecule has 0 radical (unpaired) electrons. The standard InChI is InChI=1S/C16H20O5/c1-11(2)4-3-7-19-13-9-15-14(20-10-21-15)8-12(13)5-6-16(17)18/h5-6,8-9,11H,3-4,7,10H2,1-2H3,(H,17,18)/b6-5+. The van der Waals surface area contributed by atoms with Gasteiger partial charge in [0.25, 0.3) is 0 Å². The molecule has 0 fully saturated rings. The maximum absolute atomic E-state index is 10.7. The first-order valence-corrected chi connectivity index (χ1v) is 7.03. The second kappa shape index (κ2) is 7.02. The van der Waals surface area contributed by atoms with Crippen LogP contribution in [0.4, 0.5) is 0 Å². The van der Waals surface area contributed by atoms with E-state index in [4.69, 9.17) is 19.3 Å². The molecule has 5 heteroatoms. The van der Waals surface area contributed by atoms with Crippen molar-refractivity contribution in [1.29, 1.82) is 0 Å². The minimum atomic E-state index is -1.00. The molecule has 0 unspecified atom stereocenters. The first kappa shape index (κ1) is 15.2. The fraction of sp³-hybridized carbons (Fsp3) is 0.438. The molecule has 0 saturated carbocycles. The third-order valence-electron chi connectivity index (χ3n) is 3.09. The highest BCUT2D eigenvalue weighted by molar-refractivity contribution is 5.86. The average molecular weight is 292 g/mol. The van der Waals surface area contributed by atoms with Crippen LogP contribution in [-0.4, -0.2) is 24.5 Å². The van der Waals surface area contributed by atoms with E-state index in [0.717, 1.165) is 18.9 Å². The van der Waals surface area contributed by atoms with E-state index in [2.05, 4.69) is 13.8 Å². The summed E-state index contributed by atoms with van der Waals surface area (Å²) < 4.78 is 16.4. The molecule has 2 rings (SSSR count). The highest BCUT2D eigenvalue weighted by atomic mass is 16.7. The van der Waals surface area contributed by atoms with Gasteiger partial charge in [0.15, 0.2) is 11.5 Å². The molecule has 0 bridgehead atoms. The van der Waals surface area contributed by atoms with Gasteiger partial charge in [0.1, 0.15) is 5.75 Å². The Balaban J connectivity index is 2.11. The molecule has 1 aromatic rings. The lowest BCUT2D eigenvalue weighted by atomic mass is 10.1. The molecule has 1 aliphatic rings. The van der Waals surface area contributed by atoms with Crippen LogP contribution in [0.25, 0.3) is 6.08 Å². The SMILES string of the molecule is CC(C)CCCOc1cc2c(cc1/C=C/C(=O)O)OCO2. The highest BCUT2D eigenvalue weighted by Crippen LogP contribution is 2.38.